The number of likely N-dealkylation sites (tertiary alicyclic amines) is 1. The van der Waals surface area contributed by atoms with Crippen molar-refractivity contribution in [3.8, 4) is 5.75 Å². The highest BCUT2D eigenvalue weighted by molar-refractivity contribution is 5.31. The summed E-state index contributed by atoms with van der Waals surface area (Å²) in [6, 6.07) is 18.3. The molecule has 1 saturated heterocycles. The van der Waals surface area contributed by atoms with E-state index in [1.165, 1.54) is 18.4 Å². The maximum atomic E-state index is 5.36. The summed E-state index contributed by atoms with van der Waals surface area (Å²) in [5.74, 6) is 1.56. The number of benzene rings is 1. The van der Waals surface area contributed by atoms with Crippen LogP contribution in [0.5, 0.6) is 5.75 Å². The summed E-state index contributed by atoms with van der Waals surface area (Å²) >= 11 is 0. The van der Waals surface area contributed by atoms with Crippen LogP contribution in [0.25, 0.3) is 0 Å². The molecule has 1 aliphatic heterocycles. The van der Waals surface area contributed by atoms with Crippen LogP contribution in [-0.4, -0.2) is 50.1 Å². The Morgan fingerprint density at radius 2 is 1.84 bits per heavy atom. The second-order valence-electron chi connectivity index (χ2n) is 7.95. The predicted molar refractivity (Wildman–Crippen MR) is 124 cm³/mol. The van der Waals surface area contributed by atoms with Crippen LogP contribution in [0.4, 0.5) is 0 Å². The molecule has 4 aromatic rings. The molecule has 0 radical (unpaired) electrons. The smallest absolute Gasteiger partial charge is 0.119 e. The highest BCUT2D eigenvalue weighted by Crippen LogP contribution is 2.30. The van der Waals surface area contributed by atoms with E-state index in [1.54, 1.807) is 19.5 Å². The number of hydrogen-bond acceptors (Lipinski definition) is 5. The van der Waals surface area contributed by atoms with Crippen molar-refractivity contribution in [3.63, 3.8) is 0 Å². The van der Waals surface area contributed by atoms with E-state index in [0.29, 0.717) is 5.92 Å². The predicted octanol–water partition coefficient (Wildman–Crippen LogP) is 4.12. The summed E-state index contributed by atoms with van der Waals surface area (Å²) in [5.41, 5.74) is 3.57. The Hall–Kier alpha value is -3.45. The van der Waals surface area contributed by atoms with Crippen LogP contribution in [0.3, 0.4) is 0 Å². The first kappa shape index (κ1) is 21.8. The fourth-order valence-electron chi connectivity index (χ4n) is 3.99. The van der Waals surface area contributed by atoms with E-state index in [2.05, 4.69) is 55.6 Å². The van der Waals surface area contributed by atoms with Crippen LogP contribution < -0.4 is 4.74 Å². The van der Waals surface area contributed by atoms with Gasteiger partial charge in [-0.15, -0.1) is 5.10 Å². The first-order valence-electron chi connectivity index (χ1n) is 11.0. The number of H-pyrrole nitrogens is 1. The first-order chi connectivity index (χ1) is 15.8. The van der Waals surface area contributed by atoms with Gasteiger partial charge in [0.15, 0.2) is 0 Å². The van der Waals surface area contributed by atoms with Gasteiger partial charge in [0.1, 0.15) is 5.75 Å². The van der Waals surface area contributed by atoms with E-state index in [0.717, 1.165) is 43.3 Å². The van der Waals surface area contributed by atoms with Gasteiger partial charge >= 0.3 is 0 Å². The fraction of sp³-hybridized carbons (Fsp3) is 0.320. The third-order valence-electron chi connectivity index (χ3n) is 5.69. The molecule has 0 unspecified atom stereocenters. The average molecular weight is 431 g/mol. The van der Waals surface area contributed by atoms with Gasteiger partial charge in [0.05, 0.1) is 25.5 Å². The number of nitrogens with zero attached hydrogens (tertiary/aromatic N) is 5. The Bertz CT molecular complexity index is 1010. The molecular formula is C25H30N6O. The second kappa shape index (κ2) is 11.2. The number of aromatic amines is 1. The van der Waals surface area contributed by atoms with Gasteiger partial charge in [-0.2, -0.15) is 0 Å². The lowest BCUT2D eigenvalue weighted by Crippen LogP contribution is -2.32. The molecule has 1 aromatic carbocycles. The minimum absolute atomic E-state index is 0.616. The van der Waals surface area contributed by atoms with Crippen LogP contribution in [0.2, 0.25) is 0 Å². The van der Waals surface area contributed by atoms with Crippen molar-refractivity contribution >= 4 is 0 Å². The standard InChI is InChI=1S/C20H25N5O.C5H5N/c1-26-20-6-2-4-17(12-20)16-7-10-24(11-8-16)13-19-15-25(23-22-19)14-18-5-3-9-21-18;1-2-4-6-5-3-1/h2-6,9,12,15-16,21H,7-8,10-11,13-14H2,1H3;1-5H. The quantitative estimate of drug-likeness (QED) is 0.498. The largest absolute Gasteiger partial charge is 0.497 e. The minimum Gasteiger partial charge on any atom is -0.497 e. The molecule has 166 valence electrons. The number of rotatable bonds is 6. The zero-order valence-corrected chi connectivity index (χ0v) is 18.5. The third-order valence-corrected chi connectivity index (χ3v) is 5.69. The molecule has 1 aliphatic rings. The Morgan fingerprint density at radius 3 is 2.50 bits per heavy atom. The molecule has 7 heteroatoms. The zero-order valence-electron chi connectivity index (χ0n) is 18.5. The summed E-state index contributed by atoms with van der Waals surface area (Å²) < 4.78 is 7.25. The van der Waals surface area contributed by atoms with Crippen LogP contribution in [0.1, 0.15) is 35.7 Å². The van der Waals surface area contributed by atoms with Crippen LogP contribution in [-0.2, 0) is 13.1 Å². The van der Waals surface area contributed by atoms with Gasteiger partial charge in [0.2, 0.25) is 0 Å². The van der Waals surface area contributed by atoms with E-state index < -0.39 is 0 Å². The molecule has 0 atom stereocenters. The van der Waals surface area contributed by atoms with E-state index in [1.807, 2.05) is 41.2 Å². The molecule has 0 saturated carbocycles. The van der Waals surface area contributed by atoms with E-state index in [9.17, 15) is 0 Å². The monoisotopic (exact) mass is 430 g/mol. The SMILES string of the molecule is COc1cccc(C2CCN(Cc3cn(Cc4ccc[nH]4)nn3)CC2)c1.c1ccncc1. The normalized spacial score (nSPS) is 14.5. The van der Waals surface area contributed by atoms with E-state index in [-0.39, 0.29) is 0 Å². The highest BCUT2D eigenvalue weighted by atomic mass is 16.5. The number of hydrogen-bond donors (Lipinski definition) is 1. The average Bonchev–Trinajstić information content (AvgIpc) is 3.54. The van der Waals surface area contributed by atoms with Crippen molar-refractivity contribution in [2.24, 2.45) is 0 Å². The van der Waals surface area contributed by atoms with Gasteiger partial charge < -0.3 is 9.72 Å². The lowest BCUT2D eigenvalue weighted by molar-refractivity contribution is 0.202. The van der Waals surface area contributed by atoms with Crippen molar-refractivity contribution < 1.29 is 4.74 Å². The molecule has 1 fully saturated rings. The summed E-state index contributed by atoms with van der Waals surface area (Å²) in [7, 11) is 1.73. The highest BCUT2D eigenvalue weighted by Gasteiger charge is 2.21. The van der Waals surface area contributed by atoms with Gasteiger partial charge in [-0.1, -0.05) is 23.4 Å². The Morgan fingerprint density at radius 1 is 1.00 bits per heavy atom. The van der Waals surface area contributed by atoms with Crippen molar-refractivity contribution in [2.75, 3.05) is 20.2 Å². The summed E-state index contributed by atoms with van der Waals surface area (Å²) in [6.07, 6.45) is 9.82. The fourth-order valence-corrected chi connectivity index (χ4v) is 3.99. The second-order valence-corrected chi connectivity index (χ2v) is 7.95. The first-order valence-corrected chi connectivity index (χ1v) is 11.0. The Kier molecular flexibility index (Phi) is 7.65. The molecule has 0 spiro atoms. The lowest BCUT2D eigenvalue weighted by Gasteiger charge is -2.31. The Balaban J connectivity index is 0.000000354. The number of piperidine rings is 1. The van der Waals surface area contributed by atoms with E-state index in [4.69, 9.17) is 4.74 Å². The van der Waals surface area contributed by atoms with Crippen LogP contribution >= 0.6 is 0 Å². The third kappa shape index (κ3) is 6.28. The van der Waals surface area contributed by atoms with Crippen molar-refractivity contribution in [1.82, 2.24) is 29.9 Å². The van der Waals surface area contributed by atoms with Crippen LogP contribution in [0.15, 0.2) is 79.4 Å². The van der Waals surface area contributed by atoms with Gasteiger partial charge in [-0.3, -0.25) is 9.88 Å². The van der Waals surface area contributed by atoms with E-state index >= 15 is 0 Å². The van der Waals surface area contributed by atoms with Gasteiger partial charge in [0, 0.05) is 30.8 Å². The maximum Gasteiger partial charge on any atom is 0.119 e. The molecule has 0 bridgehead atoms. The molecule has 1 N–H and O–H groups in total. The Labute approximate surface area is 189 Å². The molecule has 3 aromatic heterocycles. The molecule has 32 heavy (non-hydrogen) atoms. The zero-order chi connectivity index (χ0) is 22.0. The van der Waals surface area contributed by atoms with Gasteiger partial charge in [-0.25, -0.2) is 4.68 Å². The van der Waals surface area contributed by atoms with Gasteiger partial charge in [0.25, 0.3) is 0 Å². The minimum atomic E-state index is 0.616. The number of methoxy groups -OCH3 is 1. The van der Waals surface area contributed by atoms with Crippen molar-refractivity contribution in [3.05, 3.63) is 96.3 Å². The molecule has 0 amide bonds. The topological polar surface area (TPSA) is 71.9 Å². The number of pyridine rings is 1. The molecule has 4 heterocycles. The lowest BCUT2D eigenvalue weighted by atomic mass is 9.89. The molecule has 7 nitrogen and oxygen atoms in total. The van der Waals surface area contributed by atoms with Crippen molar-refractivity contribution in [1.29, 1.82) is 0 Å². The number of aromatic nitrogens is 5. The van der Waals surface area contributed by atoms with Crippen molar-refractivity contribution in [2.45, 2.75) is 31.8 Å². The van der Waals surface area contributed by atoms with Gasteiger partial charge in [-0.05, 0) is 73.8 Å². The maximum absolute atomic E-state index is 5.36. The summed E-state index contributed by atoms with van der Waals surface area (Å²) in [4.78, 5) is 9.45. The summed E-state index contributed by atoms with van der Waals surface area (Å²) in [5, 5.41) is 8.58. The summed E-state index contributed by atoms with van der Waals surface area (Å²) in [6.45, 7) is 3.78. The molecule has 0 aliphatic carbocycles. The van der Waals surface area contributed by atoms with Crippen LogP contribution in [0, 0.1) is 0 Å². The number of ether oxygens (including phenoxy) is 1. The number of nitrogens with one attached hydrogen (secondary N) is 1. The molecule has 5 rings (SSSR count). The molecular weight excluding hydrogens is 400 g/mol.